The molecular formula is C19H20N6O. The Kier molecular flexibility index (Phi) is 4.35. The van der Waals surface area contributed by atoms with Gasteiger partial charge in [-0.25, -0.2) is 9.97 Å². The molecule has 0 unspecified atom stereocenters. The molecule has 1 saturated heterocycles. The Hall–Kier alpha value is -3.22. The highest BCUT2D eigenvalue weighted by Gasteiger charge is 2.25. The summed E-state index contributed by atoms with van der Waals surface area (Å²) in [6.45, 7) is 2.73. The Morgan fingerprint density at radius 1 is 0.962 bits per heavy atom. The third-order valence-corrected chi connectivity index (χ3v) is 4.57. The summed E-state index contributed by atoms with van der Waals surface area (Å²) in [5.41, 5.74) is 2.43. The molecule has 1 aromatic carbocycles. The SMILES string of the molecule is Cn1nc(-c2ccccc2)cc1C(=O)N1CCN(c2ncccn2)CC1. The van der Waals surface area contributed by atoms with Crippen molar-refractivity contribution in [3.05, 3.63) is 60.6 Å². The van der Waals surface area contributed by atoms with Gasteiger partial charge in [0.05, 0.1) is 5.69 Å². The Labute approximate surface area is 151 Å². The van der Waals surface area contributed by atoms with E-state index in [-0.39, 0.29) is 5.91 Å². The summed E-state index contributed by atoms with van der Waals surface area (Å²) in [7, 11) is 1.81. The lowest BCUT2D eigenvalue weighted by atomic mass is 10.1. The molecule has 0 aliphatic carbocycles. The molecule has 7 heteroatoms. The molecule has 1 aliphatic heterocycles. The van der Waals surface area contributed by atoms with Crippen LogP contribution in [0.2, 0.25) is 0 Å². The van der Waals surface area contributed by atoms with E-state index in [4.69, 9.17) is 0 Å². The van der Waals surface area contributed by atoms with Gasteiger partial charge in [0, 0.05) is 51.2 Å². The molecule has 4 rings (SSSR count). The molecule has 26 heavy (non-hydrogen) atoms. The van der Waals surface area contributed by atoms with Gasteiger partial charge in [-0.05, 0) is 12.1 Å². The maximum Gasteiger partial charge on any atom is 0.272 e. The van der Waals surface area contributed by atoms with Crippen molar-refractivity contribution in [2.45, 2.75) is 0 Å². The summed E-state index contributed by atoms with van der Waals surface area (Å²) in [6.07, 6.45) is 3.47. The van der Waals surface area contributed by atoms with Gasteiger partial charge in [0.25, 0.3) is 5.91 Å². The van der Waals surface area contributed by atoms with Gasteiger partial charge in [-0.15, -0.1) is 0 Å². The van der Waals surface area contributed by atoms with Crippen LogP contribution in [0.25, 0.3) is 11.3 Å². The largest absolute Gasteiger partial charge is 0.337 e. The zero-order valence-electron chi connectivity index (χ0n) is 14.6. The zero-order valence-corrected chi connectivity index (χ0v) is 14.6. The molecule has 132 valence electrons. The molecule has 0 spiro atoms. The van der Waals surface area contributed by atoms with Crippen LogP contribution in [0.15, 0.2) is 54.9 Å². The summed E-state index contributed by atoms with van der Waals surface area (Å²) >= 11 is 0. The number of aromatic nitrogens is 4. The lowest BCUT2D eigenvalue weighted by Gasteiger charge is -2.34. The smallest absolute Gasteiger partial charge is 0.272 e. The first kappa shape index (κ1) is 16.3. The second-order valence-electron chi connectivity index (χ2n) is 6.23. The minimum absolute atomic E-state index is 0.0100. The first-order valence-electron chi connectivity index (χ1n) is 8.63. The van der Waals surface area contributed by atoms with Gasteiger partial charge in [0.15, 0.2) is 0 Å². The minimum atomic E-state index is 0.0100. The predicted octanol–water partition coefficient (Wildman–Crippen LogP) is 1.84. The lowest BCUT2D eigenvalue weighted by Crippen LogP contribution is -2.49. The third-order valence-electron chi connectivity index (χ3n) is 4.57. The maximum absolute atomic E-state index is 12.9. The maximum atomic E-state index is 12.9. The number of nitrogens with zero attached hydrogens (tertiary/aromatic N) is 6. The first-order chi connectivity index (χ1) is 12.7. The fourth-order valence-electron chi connectivity index (χ4n) is 3.14. The van der Waals surface area contributed by atoms with Gasteiger partial charge >= 0.3 is 0 Å². The number of benzene rings is 1. The van der Waals surface area contributed by atoms with Gasteiger partial charge < -0.3 is 9.80 Å². The van der Waals surface area contributed by atoms with Crippen molar-refractivity contribution in [1.82, 2.24) is 24.6 Å². The van der Waals surface area contributed by atoms with Crippen molar-refractivity contribution in [3.63, 3.8) is 0 Å². The number of piperazine rings is 1. The summed E-state index contributed by atoms with van der Waals surface area (Å²) in [5, 5.41) is 4.50. The summed E-state index contributed by atoms with van der Waals surface area (Å²) in [6, 6.07) is 13.6. The van der Waals surface area contributed by atoms with Gasteiger partial charge in [0.1, 0.15) is 5.69 Å². The van der Waals surface area contributed by atoms with Gasteiger partial charge in [-0.3, -0.25) is 9.48 Å². The predicted molar refractivity (Wildman–Crippen MR) is 98.8 cm³/mol. The molecule has 0 bridgehead atoms. The Morgan fingerprint density at radius 2 is 1.65 bits per heavy atom. The van der Waals surface area contributed by atoms with E-state index >= 15 is 0 Å². The number of aryl methyl sites for hydroxylation is 1. The Morgan fingerprint density at radius 3 is 2.35 bits per heavy atom. The van der Waals surface area contributed by atoms with E-state index in [9.17, 15) is 4.79 Å². The van der Waals surface area contributed by atoms with Crippen molar-refractivity contribution in [2.24, 2.45) is 7.05 Å². The van der Waals surface area contributed by atoms with Crippen LogP contribution >= 0.6 is 0 Å². The van der Waals surface area contributed by atoms with Gasteiger partial charge in [-0.1, -0.05) is 30.3 Å². The fraction of sp³-hybridized carbons (Fsp3) is 0.263. The van der Waals surface area contributed by atoms with Crippen molar-refractivity contribution >= 4 is 11.9 Å². The number of anilines is 1. The molecule has 7 nitrogen and oxygen atoms in total. The molecule has 1 fully saturated rings. The second kappa shape index (κ2) is 6.95. The van der Waals surface area contributed by atoms with E-state index in [2.05, 4.69) is 20.0 Å². The number of amides is 1. The first-order valence-corrected chi connectivity index (χ1v) is 8.63. The highest BCUT2D eigenvalue weighted by Crippen LogP contribution is 2.20. The topological polar surface area (TPSA) is 67.2 Å². The molecule has 0 radical (unpaired) electrons. The van der Waals surface area contributed by atoms with Crippen LogP contribution in [0, 0.1) is 0 Å². The summed E-state index contributed by atoms with van der Waals surface area (Å²) in [5.74, 6) is 0.724. The van der Waals surface area contributed by atoms with E-state index in [1.54, 1.807) is 23.1 Å². The zero-order chi connectivity index (χ0) is 17.9. The molecular weight excluding hydrogens is 328 g/mol. The molecule has 0 atom stereocenters. The average molecular weight is 348 g/mol. The third kappa shape index (κ3) is 3.15. The van der Waals surface area contributed by atoms with Crippen LogP contribution < -0.4 is 4.90 Å². The number of carbonyl (C=O) groups excluding carboxylic acids is 1. The van der Waals surface area contributed by atoms with Crippen LogP contribution in [-0.4, -0.2) is 56.7 Å². The highest BCUT2D eigenvalue weighted by molar-refractivity contribution is 5.94. The number of rotatable bonds is 3. The standard InChI is InChI=1S/C19H20N6O/c1-23-17(14-16(22-23)15-6-3-2-4-7-15)18(26)24-10-12-25(13-11-24)19-20-8-5-9-21-19/h2-9,14H,10-13H2,1H3. The quantitative estimate of drug-likeness (QED) is 0.722. The van der Waals surface area contributed by atoms with E-state index in [1.165, 1.54) is 0 Å². The number of hydrogen-bond acceptors (Lipinski definition) is 5. The van der Waals surface area contributed by atoms with Gasteiger partial charge in [-0.2, -0.15) is 5.10 Å². The Balaban J connectivity index is 1.47. The molecule has 1 amide bonds. The fourth-order valence-corrected chi connectivity index (χ4v) is 3.14. The van der Waals surface area contributed by atoms with E-state index in [0.717, 1.165) is 24.3 Å². The normalized spacial score (nSPS) is 14.5. The Bertz CT molecular complexity index is 885. The highest BCUT2D eigenvalue weighted by atomic mass is 16.2. The van der Waals surface area contributed by atoms with Crippen LogP contribution in [-0.2, 0) is 7.05 Å². The molecule has 3 heterocycles. The minimum Gasteiger partial charge on any atom is -0.337 e. The summed E-state index contributed by atoms with van der Waals surface area (Å²) in [4.78, 5) is 25.4. The van der Waals surface area contributed by atoms with Crippen molar-refractivity contribution < 1.29 is 4.79 Å². The van der Waals surface area contributed by atoms with E-state index in [0.29, 0.717) is 24.7 Å². The van der Waals surface area contributed by atoms with Crippen LogP contribution in [0.4, 0.5) is 5.95 Å². The van der Waals surface area contributed by atoms with Crippen molar-refractivity contribution in [3.8, 4) is 11.3 Å². The van der Waals surface area contributed by atoms with Crippen molar-refractivity contribution in [2.75, 3.05) is 31.1 Å². The molecule has 0 N–H and O–H groups in total. The molecule has 1 aliphatic rings. The van der Waals surface area contributed by atoms with Crippen molar-refractivity contribution in [1.29, 1.82) is 0 Å². The van der Waals surface area contributed by atoms with Crippen LogP contribution in [0.5, 0.6) is 0 Å². The molecule has 3 aromatic rings. The number of hydrogen-bond donors (Lipinski definition) is 0. The van der Waals surface area contributed by atoms with Gasteiger partial charge in [0.2, 0.25) is 5.95 Å². The summed E-state index contributed by atoms with van der Waals surface area (Å²) < 4.78 is 1.66. The lowest BCUT2D eigenvalue weighted by molar-refractivity contribution is 0.0735. The monoisotopic (exact) mass is 348 g/mol. The van der Waals surface area contributed by atoms with E-state index in [1.807, 2.05) is 48.3 Å². The average Bonchev–Trinajstić information content (AvgIpc) is 3.10. The molecule has 0 saturated carbocycles. The van der Waals surface area contributed by atoms with E-state index < -0.39 is 0 Å². The second-order valence-corrected chi connectivity index (χ2v) is 6.23. The van der Waals surface area contributed by atoms with Crippen LogP contribution in [0.3, 0.4) is 0 Å². The van der Waals surface area contributed by atoms with Crippen LogP contribution in [0.1, 0.15) is 10.5 Å². The number of carbonyl (C=O) groups is 1. The molecule has 2 aromatic heterocycles.